The zero-order valence-corrected chi connectivity index (χ0v) is 50.2. The van der Waals surface area contributed by atoms with Crippen LogP contribution in [0, 0.1) is 50.2 Å². The highest BCUT2D eigenvalue weighted by Crippen LogP contribution is 2.75. The monoisotopic (exact) mass is 1230 g/mol. The van der Waals surface area contributed by atoms with Crippen LogP contribution in [0.5, 0.6) is 0 Å². The number of hydrogen-bond acceptors (Lipinski definition) is 27. The van der Waals surface area contributed by atoms with Crippen LogP contribution in [0.15, 0.2) is 11.6 Å². The molecule has 0 amide bonds. The van der Waals surface area contributed by atoms with Gasteiger partial charge in [-0.05, 0) is 93.8 Å². The number of esters is 1. The number of rotatable bonds is 12. The summed E-state index contributed by atoms with van der Waals surface area (Å²) in [6, 6.07) is 0. The number of aliphatic hydroxyl groups is 15. The number of ether oxygens (including phenoxy) is 10. The van der Waals surface area contributed by atoms with Gasteiger partial charge in [-0.1, -0.05) is 53.2 Å². The molecule has 0 aromatic heterocycles. The lowest BCUT2D eigenvalue weighted by Gasteiger charge is -2.71. The molecule has 15 N–H and O–H groups in total. The Kier molecular flexibility index (Phi) is 18.7. The summed E-state index contributed by atoms with van der Waals surface area (Å²) in [6.07, 6.45) is -36.4. The van der Waals surface area contributed by atoms with Gasteiger partial charge >= 0.3 is 5.97 Å². The second-order valence-corrected chi connectivity index (χ2v) is 28.5. The van der Waals surface area contributed by atoms with E-state index in [1.807, 2.05) is 6.92 Å². The zero-order valence-electron chi connectivity index (χ0n) is 50.2. The van der Waals surface area contributed by atoms with E-state index in [9.17, 15) is 76.6 Å². The number of carbonyl (C=O) groups is 2. The normalized spacial score (nSPS) is 55.7. The molecule has 10 aliphatic rings. The zero-order chi connectivity index (χ0) is 63.0. The molecule has 34 atom stereocenters. The first-order valence-electron chi connectivity index (χ1n) is 30.5. The Morgan fingerprint density at radius 1 is 0.570 bits per heavy atom. The highest BCUT2D eigenvalue weighted by molar-refractivity contribution is 6.06. The summed E-state index contributed by atoms with van der Waals surface area (Å²) < 4.78 is 59.2. The number of hydrogen-bond donors (Lipinski definition) is 15. The van der Waals surface area contributed by atoms with Crippen molar-refractivity contribution >= 4 is 11.8 Å². The maximum absolute atomic E-state index is 15.7. The van der Waals surface area contributed by atoms with Gasteiger partial charge in [0.05, 0.1) is 50.3 Å². The van der Waals surface area contributed by atoms with Crippen LogP contribution in [0.25, 0.3) is 0 Å². The SMILES string of the molecule is C[C@@H]1O[C@@H](O[C@@H]2[C@@H](O)[C@H](O[C@@H]3[C@@H](O)[C@@H](O)[C@H](O[C@H]4[C@H](OC(=O)[C@]56CCC(C)(C)C[C@@H]5C5=CC[C@@H]7[C@@]8(C)C[C@H](O)[C@H](O[C@@H]9O[C@H](CO)[C@@H](O)[C@H](O)[C@H]9O)[C@@](C)(CO)C8CC[C@@]7(C)[C@]5(C)CC6=O)O[C@H](C)[C@H](O)[C@@H]4O)O[C@H]3C)OC[C@H]2O)[C@H](O)[C@H](O)[C@H]1O. The van der Waals surface area contributed by atoms with Gasteiger partial charge in [0.15, 0.2) is 37.0 Å². The Labute approximate surface area is 499 Å². The number of ketones is 1. The molecule has 5 saturated heterocycles. The summed E-state index contributed by atoms with van der Waals surface area (Å²) in [5, 5.41) is 165. The topological polar surface area (TPSA) is 430 Å². The van der Waals surface area contributed by atoms with Crippen LogP contribution in [0.4, 0.5) is 0 Å². The maximum atomic E-state index is 15.7. The third kappa shape index (κ3) is 10.7. The van der Waals surface area contributed by atoms with Gasteiger partial charge < -0.3 is 124 Å². The smallest absolute Gasteiger partial charge is 0.322 e. The van der Waals surface area contributed by atoms with E-state index < -0.39 is 218 Å². The minimum absolute atomic E-state index is 0.0741. The molecular weight excluding hydrogens is 1140 g/mol. The molecule has 0 radical (unpaired) electrons. The molecule has 0 aromatic carbocycles. The quantitative estimate of drug-likeness (QED) is 0.0393. The lowest BCUT2D eigenvalue weighted by Crippen LogP contribution is -2.70. The molecular formula is C59H94O27. The van der Waals surface area contributed by atoms with Crippen LogP contribution >= 0.6 is 0 Å². The first-order chi connectivity index (χ1) is 40.2. The van der Waals surface area contributed by atoms with E-state index in [2.05, 4.69) is 40.7 Å². The second-order valence-electron chi connectivity index (χ2n) is 28.5. The van der Waals surface area contributed by atoms with Crippen molar-refractivity contribution in [2.45, 2.75) is 273 Å². The average Bonchev–Trinajstić information content (AvgIpc) is 0.673. The highest BCUT2D eigenvalue weighted by Gasteiger charge is 2.73. The summed E-state index contributed by atoms with van der Waals surface area (Å²) in [4.78, 5) is 31.2. The van der Waals surface area contributed by atoms with Gasteiger partial charge in [-0.2, -0.15) is 0 Å². The van der Waals surface area contributed by atoms with Crippen molar-refractivity contribution in [2.24, 2.45) is 50.2 Å². The molecule has 5 heterocycles. The van der Waals surface area contributed by atoms with Gasteiger partial charge in [0, 0.05) is 23.2 Å². The van der Waals surface area contributed by atoms with Gasteiger partial charge in [0.25, 0.3) is 0 Å². The number of allylic oxidation sites excluding steroid dienone is 2. The van der Waals surface area contributed by atoms with Crippen molar-refractivity contribution < 1.29 is 134 Å². The molecule has 0 bridgehead atoms. The van der Waals surface area contributed by atoms with Crippen LogP contribution in [-0.2, 0) is 57.0 Å². The van der Waals surface area contributed by atoms with E-state index in [1.165, 1.54) is 20.8 Å². The van der Waals surface area contributed by atoms with Gasteiger partial charge in [-0.3, -0.25) is 9.59 Å². The van der Waals surface area contributed by atoms with Gasteiger partial charge in [-0.15, -0.1) is 0 Å². The van der Waals surface area contributed by atoms with Crippen molar-refractivity contribution in [3.8, 4) is 0 Å². The third-order valence-electron chi connectivity index (χ3n) is 22.9. The fraction of sp³-hybridized carbons (Fsp3) is 0.932. The van der Waals surface area contributed by atoms with E-state index in [-0.39, 0.29) is 42.3 Å². The first kappa shape index (κ1) is 66.8. The molecule has 86 heavy (non-hydrogen) atoms. The molecule has 0 spiro atoms. The Balaban J connectivity index is 0.866. The molecule has 27 nitrogen and oxygen atoms in total. The van der Waals surface area contributed by atoms with Crippen molar-refractivity contribution in [3.63, 3.8) is 0 Å². The van der Waals surface area contributed by atoms with Crippen molar-refractivity contribution in [2.75, 3.05) is 19.8 Å². The molecule has 0 aromatic rings. The summed E-state index contributed by atoms with van der Waals surface area (Å²) in [7, 11) is 0. The predicted molar refractivity (Wildman–Crippen MR) is 288 cm³/mol. The minimum atomic E-state index is -2.00. The molecule has 10 rings (SSSR count). The van der Waals surface area contributed by atoms with E-state index in [4.69, 9.17) is 47.4 Å². The van der Waals surface area contributed by atoms with Crippen LogP contribution in [0.2, 0.25) is 0 Å². The third-order valence-corrected chi connectivity index (χ3v) is 22.9. The van der Waals surface area contributed by atoms with Gasteiger partial charge in [0.2, 0.25) is 6.29 Å². The fourth-order valence-corrected chi connectivity index (χ4v) is 17.6. The van der Waals surface area contributed by atoms with Crippen molar-refractivity contribution in [1.29, 1.82) is 0 Å². The van der Waals surface area contributed by atoms with E-state index >= 15 is 9.59 Å². The standard InChI is InChI=1S/C59H94O27/c1-22-33(65)36(68)40(72)49(78-22)83-45-28(63)20-77-48(43(45)75)82-44-24(3)80-50(42(74)39(44)71)84-46-38(70)34(66)23(2)79-52(46)86-53(76)59-15-14-54(4,5)16-26(59)25-10-11-31-55(6)17-27(62)47(85-51-41(73)37(69)35(67)29(19-60)81-51)56(7,21-61)30(55)12-13-57(31,8)58(25,9)18-32(59)64/h10,22-24,26-31,33-52,60-63,65-75H,11-21H2,1-9H3/t22-,23+,24-,26+,27-,28+,29+,30?,31+,33-,34-,35+,36+,37-,38-,39-,40+,41+,42+,43+,44-,45-,46+,47-,48-,49-,50-,51-,52-,55-,56-,57+,58+,59+/m0/s1. The van der Waals surface area contributed by atoms with Crippen LogP contribution < -0.4 is 0 Å². The number of carbonyl (C=O) groups excluding carboxylic acids is 2. The summed E-state index contributed by atoms with van der Waals surface area (Å²) in [5.74, 6) is -2.48. The lowest BCUT2D eigenvalue weighted by atomic mass is 9.33. The Morgan fingerprint density at radius 3 is 1.77 bits per heavy atom. The number of fused-ring (bicyclic) bond motifs is 7. The predicted octanol–water partition coefficient (Wildman–Crippen LogP) is -3.37. The maximum Gasteiger partial charge on any atom is 0.322 e. The Morgan fingerprint density at radius 2 is 1.13 bits per heavy atom. The second kappa shape index (κ2) is 24.1. The van der Waals surface area contributed by atoms with E-state index in [0.29, 0.717) is 32.1 Å². The fourth-order valence-electron chi connectivity index (χ4n) is 17.6. The van der Waals surface area contributed by atoms with Crippen LogP contribution in [0.3, 0.4) is 0 Å². The lowest BCUT2D eigenvalue weighted by molar-refractivity contribution is -0.379. The minimum Gasteiger partial charge on any atom is -0.432 e. The Bertz CT molecular complexity index is 2470. The molecule has 5 aliphatic carbocycles. The average molecular weight is 1240 g/mol. The molecule has 27 heteroatoms. The number of aliphatic hydroxyl groups excluding tert-OH is 15. The summed E-state index contributed by atoms with van der Waals surface area (Å²) >= 11 is 0. The Hall–Kier alpha value is -2.08. The van der Waals surface area contributed by atoms with Gasteiger partial charge in [0.1, 0.15) is 97.0 Å². The highest BCUT2D eigenvalue weighted by atomic mass is 16.8. The molecule has 9 fully saturated rings. The van der Waals surface area contributed by atoms with Crippen molar-refractivity contribution in [1.82, 2.24) is 0 Å². The van der Waals surface area contributed by atoms with Crippen LogP contribution in [-0.4, -0.2) is 268 Å². The molecule has 492 valence electrons. The van der Waals surface area contributed by atoms with E-state index in [0.717, 1.165) is 5.57 Å². The van der Waals surface area contributed by atoms with E-state index in [1.54, 1.807) is 0 Å². The summed E-state index contributed by atoms with van der Waals surface area (Å²) in [5.41, 5.74) is -4.51. The molecule has 1 unspecified atom stereocenters. The number of Topliss-reactive ketones (excluding diaryl/α,β-unsaturated/α-hetero) is 1. The largest absolute Gasteiger partial charge is 0.432 e. The van der Waals surface area contributed by atoms with Crippen LogP contribution in [0.1, 0.15) is 114 Å². The van der Waals surface area contributed by atoms with Gasteiger partial charge in [-0.25, -0.2) is 0 Å². The van der Waals surface area contributed by atoms with Crippen molar-refractivity contribution in [3.05, 3.63) is 11.6 Å². The molecule has 5 aliphatic heterocycles. The molecule has 4 saturated carbocycles. The first-order valence-corrected chi connectivity index (χ1v) is 30.5. The summed E-state index contributed by atoms with van der Waals surface area (Å²) in [6.45, 7) is 15.0.